The predicted molar refractivity (Wildman–Crippen MR) is 108 cm³/mol. The lowest BCUT2D eigenvalue weighted by molar-refractivity contribution is -0.358. The van der Waals surface area contributed by atoms with Crippen LogP contribution in [0.25, 0.3) is 0 Å². The van der Waals surface area contributed by atoms with Gasteiger partial charge in [-0.25, -0.2) is 0 Å². The van der Waals surface area contributed by atoms with Crippen LogP contribution >= 0.6 is 0 Å². The van der Waals surface area contributed by atoms with Gasteiger partial charge in [-0.15, -0.1) is 0 Å². The third-order valence-electron chi connectivity index (χ3n) is 4.70. The highest BCUT2D eigenvalue weighted by Gasteiger charge is 2.50. The molecule has 0 aliphatic carbocycles. The topological polar surface area (TPSA) is 260 Å². The summed E-state index contributed by atoms with van der Waals surface area (Å²) in [4.78, 5) is 0. The van der Waals surface area contributed by atoms with Crippen LogP contribution in [0.15, 0.2) is 0 Å². The normalized spacial score (nSPS) is 39.2. The van der Waals surface area contributed by atoms with Crippen LogP contribution in [0.3, 0.4) is 0 Å². The Hall–Kier alpha value is -0.600. The molecule has 15 nitrogen and oxygen atoms in total. The smallest absolute Gasteiger partial charge is 0.187 e. The second-order valence-corrected chi connectivity index (χ2v) is 6.98. The first-order chi connectivity index (χ1) is 15.2. The Bertz CT molecular complexity index is 471. The lowest BCUT2D eigenvalue weighted by Gasteiger charge is -2.46. The summed E-state index contributed by atoms with van der Waals surface area (Å²) in [7, 11) is 3.55. The van der Waals surface area contributed by atoms with E-state index in [0.717, 1.165) is 7.11 Å². The van der Waals surface area contributed by atoms with E-state index in [0.29, 0.717) is 0 Å². The Morgan fingerprint density at radius 3 is 1.52 bits per heavy atom. The number of aliphatic hydroxyl groups is 9. The Labute approximate surface area is 192 Å². The fourth-order valence-corrected chi connectivity index (χ4v) is 3.03. The van der Waals surface area contributed by atoms with Gasteiger partial charge in [-0.3, -0.25) is 0 Å². The molecule has 0 aromatic heterocycles. The summed E-state index contributed by atoms with van der Waals surface area (Å²) in [5, 5.41) is 82.3. The van der Waals surface area contributed by atoms with E-state index in [-0.39, 0.29) is 12.8 Å². The SMILES string of the molecule is CC(O)CO.CO.CO[C@@H]1O[C@H](CO)[C@@H](O[C@@H]2O[C@H](CO)[C@@H](OC)C(O)[C@H]2O)C(O)[C@H]1O.[NH]. The molecule has 2 aliphatic heterocycles. The molecule has 0 amide bonds. The molecule has 0 aromatic rings. The van der Waals surface area contributed by atoms with E-state index in [4.69, 9.17) is 39.0 Å². The molecule has 2 rings (SSSR count). The van der Waals surface area contributed by atoms with Gasteiger partial charge in [0.05, 0.1) is 25.9 Å². The molecular weight excluding hydrogens is 454 g/mol. The standard InChI is InChI=1S/C14H26O11.C3H8O2.CH4O.HN/c1-21-11-5(3-15)24-14(10(20)7(11)17)25-12-6(4-16)23-13(22-2)9(19)8(12)18;1-3(5)2-4;1-2;/h5-20H,3-4H2,1-2H3;3-5H,2H2,1H3;2H,1H3;1H/t5-,6-,7?,8?,9-,10-,11-,12-,13-,14+;;;/m1.../s1. The van der Waals surface area contributed by atoms with E-state index in [9.17, 15) is 30.6 Å². The molecule has 2 saturated heterocycles. The van der Waals surface area contributed by atoms with Crippen molar-refractivity contribution in [3.05, 3.63) is 0 Å². The lowest BCUT2D eigenvalue weighted by atomic mass is 9.97. The molecule has 3 unspecified atom stereocenters. The molecule has 200 valence electrons. The fourth-order valence-electron chi connectivity index (χ4n) is 3.03. The van der Waals surface area contributed by atoms with Gasteiger partial charge in [0, 0.05) is 21.3 Å². The zero-order valence-corrected chi connectivity index (χ0v) is 19.0. The van der Waals surface area contributed by atoms with E-state index in [1.807, 2.05) is 0 Å². The number of rotatable bonds is 7. The Morgan fingerprint density at radius 2 is 1.12 bits per heavy atom. The molecule has 11 atom stereocenters. The number of ether oxygens (including phenoxy) is 5. The summed E-state index contributed by atoms with van der Waals surface area (Å²) in [5.74, 6) is 0. The van der Waals surface area contributed by atoms with Crippen LogP contribution in [-0.2, 0) is 23.7 Å². The van der Waals surface area contributed by atoms with E-state index >= 15 is 0 Å². The van der Waals surface area contributed by atoms with Gasteiger partial charge in [0.1, 0.15) is 48.8 Å². The minimum absolute atomic E-state index is 0. The molecular formula is C18H39NO14. The summed E-state index contributed by atoms with van der Waals surface area (Å²) in [5.41, 5.74) is 0. The van der Waals surface area contributed by atoms with Crippen molar-refractivity contribution in [3.63, 3.8) is 0 Å². The number of methoxy groups -OCH3 is 2. The van der Waals surface area contributed by atoms with Gasteiger partial charge < -0.3 is 69.6 Å². The molecule has 2 radical (unpaired) electrons. The van der Waals surface area contributed by atoms with Gasteiger partial charge in [-0.2, -0.15) is 6.15 Å². The fraction of sp³-hybridized carbons (Fsp3) is 1.00. The van der Waals surface area contributed by atoms with Crippen LogP contribution in [0.2, 0.25) is 0 Å². The molecule has 33 heavy (non-hydrogen) atoms. The van der Waals surface area contributed by atoms with Gasteiger partial charge in [0.15, 0.2) is 12.6 Å². The molecule has 2 heterocycles. The number of hydrogen-bond donors (Lipinski definition) is 9. The third-order valence-corrected chi connectivity index (χ3v) is 4.70. The third kappa shape index (κ3) is 9.52. The summed E-state index contributed by atoms with van der Waals surface area (Å²) in [6, 6.07) is 0. The van der Waals surface area contributed by atoms with Crippen molar-refractivity contribution in [2.45, 2.75) is 74.4 Å². The Kier molecular flexibility index (Phi) is 18.6. The van der Waals surface area contributed by atoms with Gasteiger partial charge in [0.25, 0.3) is 0 Å². The number of nitrogens with one attached hydrogen (secondary N) is 1. The quantitative estimate of drug-likeness (QED) is 0.160. The molecule has 2 fully saturated rings. The van der Waals surface area contributed by atoms with Gasteiger partial charge >= 0.3 is 0 Å². The maximum absolute atomic E-state index is 10.2. The zero-order valence-electron chi connectivity index (χ0n) is 19.0. The van der Waals surface area contributed by atoms with Crippen LogP contribution in [-0.4, -0.2) is 155 Å². The molecule has 10 N–H and O–H groups in total. The van der Waals surface area contributed by atoms with Crippen molar-refractivity contribution in [2.24, 2.45) is 0 Å². The average Bonchev–Trinajstić information content (AvgIpc) is 2.81. The second kappa shape index (κ2) is 17.8. The van der Waals surface area contributed by atoms with Crippen molar-refractivity contribution < 1.29 is 69.6 Å². The molecule has 0 bridgehead atoms. The minimum atomic E-state index is -1.56. The summed E-state index contributed by atoms with van der Waals surface area (Å²) in [6.45, 7) is 0.313. The van der Waals surface area contributed by atoms with Crippen molar-refractivity contribution in [1.29, 1.82) is 0 Å². The van der Waals surface area contributed by atoms with Crippen molar-refractivity contribution in [3.8, 4) is 0 Å². The Balaban J connectivity index is 0. The van der Waals surface area contributed by atoms with Gasteiger partial charge in [-0.1, -0.05) is 0 Å². The monoisotopic (exact) mass is 493 g/mol. The van der Waals surface area contributed by atoms with Gasteiger partial charge in [-0.05, 0) is 6.92 Å². The highest BCUT2D eigenvalue weighted by atomic mass is 16.7. The first kappa shape index (κ1) is 34.6. The summed E-state index contributed by atoms with van der Waals surface area (Å²) >= 11 is 0. The molecule has 15 heteroatoms. The number of hydrogen-bond acceptors (Lipinski definition) is 14. The Morgan fingerprint density at radius 1 is 0.727 bits per heavy atom. The summed E-state index contributed by atoms with van der Waals surface area (Å²) in [6.07, 6.45) is -13.5. The second-order valence-electron chi connectivity index (χ2n) is 6.98. The molecule has 0 spiro atoms. The van der Waals surface area contributed by atoms with Crippen LogP contribution in [0, 0.1) is 0 Å². The van der Waals surface area contributed by atoms with E-state index in [1.54, 1.807) is 0 Å². The molecule has 0 aromatic carbocycles. The summed E-state index contributed by atoms with van der Waals surface area (Å²) < 4.78 is 26.0. The lowest BCUT2D eigenvalue weighted by Crippen LogP contribution is -2.64. The molecule has 0 saturated carbocycles. The van der Waals surface area contributed by atoms with Crippen LogP contribution < -0.4 is 6.15 Å². The maximum atomic E-state index is 10.2. The highest BCUT2D eigenvalue weighted by molar-refractivity contribution is 4.94. The number of aliphatic hydroxyl groups excluding tert-OH is 9. The highest BCUT2D eigenvalue weighted by Crippen LogP contribution is 2.29. The van der Waals surface area contributed by atoms with E-state index < -0.39 is 80.7 Å². The van der Waals surface area contributed by atoms with E-state index in [1.165, 1.54) is 21.1 Å². The molecule has 2 aliphatic rings. The first-order valence-corrected chi connectivity index (χ1v) is 9.86. The van der Waals surface area contributed by atoms with Crippen LogP contribution in [0.5, 0.6) is 0 Å². The van der Waals surface area contributed by atoms with Crippen molar-refractivity contribution >= 4 is 0 Å². The predicted octanol–water partition coefficient (Wildman–Crippen LogP) is -5.39. The van der Waals surface area contributed by atoms with Crippen LogP contribution in [0.4, 0.5) is 0 Å². The maximum Gasteiger partial charge on any atom is 0.187 e. The first-order valence-electron chi connectivity index (χ1n) is 9.86. The van der Waals surface area contributed by atoms with Crippen LogP contribution in [0.1, 0.15) is 6.92 Å². The minimum Gasteiger partial charge on any atom is -0.400 e. The van der Waals surface area contributed by atoms with Gasteiger partial charge in [0.2, 0.25) is 0 Å². The zero-order chi connectivity index (χ0) is 25.0. The van der Waals surface area contributed by atoms with E-state index in [2.05, 4.69) is 0 Å². The van der Waals surface area contributed by atoms with Crippen molar-refractivity contribution in [1.82, 2.24) is 6.15 Å². The largest absolute Gasteiger partial charge is 0.400 e. The average molecular weight is 494 g/mol. The van der Waals surface area contributed by atoms with Crippen molar-refractivity contribution in [2.75, 3.05) is 41.2 Å².